The number of aryl methyl sites for hydroxylation is 2. The van der Waals surface area contributed by atoms with Gasteiger partial charge in [-0.15, -0.1) is 0 Å². The number of aromatic amines is 1. The average molecular weight is 229 g/mol. The molecular formula is C10H19N3OS. The maximum Gasteiger partial charge on any atom is 0.0638 e. The molecule has 1 aromatic heterocycles. The second-order valence-corrected chi connectivity index (χ2v) is 5.65. The van der Waals surface area contributed by atoms with E-state index in [1.165, 1.54) is 5.56 Å². The van der Waals surface area contributed by atoms with Gasteiger partial charge in [0.2, 0.25) is 0 Å². The van der Waals surface area contributed by atoms with Crippen molar-refractivity contribution >= 4 is 10.8 Å². The van der Waals surface area contributed by atoms with Gasteiger partial charge < -0.3 is 5.32 Å². The molecule has 1 aromatic rings. The Labute approximate surface area is 93.3 Å². The third kappa shape index (κ3) is 3.43. The summed E-state index contributed by atoms with van der Waals surface area (Å²) in [6.45, 7) is 7.54. The Morgan fingerprint density at radius 2 is 2.20 bits per heavy atom. The normalized spacial score (nSPS) is 15.2. The van der Waals surface area contributed by atoms with Crippen LogP contribution < -0.4 is 5.32 Å². The first-order valence-electron chi connectivity index (χ1n) is 5.05. The van der Waals surface area contributed by atoms with Crippen LogP contribution >= 0.6 is 0 Å². The van der Waals surface area contributed by atoms with E-state index in [1.54, 1.807) is 6.26 Å². The van der Waals surface area contributed by atoms with E-state index in [1.807, 2.05) is 20.8 Å². The zero-order valence-electron chi connectivity index (χ0n) is 9.76. The number of aromatic nitrogens is 2. The van der Waals surface area contributed by atoms with E-state index in [0.29, 0.717) is 0 Å². The smallest absolute Gasteiger partial charge is 0.0638 e. The molecular weight excluding hydrogens is 210 g/mol. The second-order valence-electron chi connectivity index (χ2n) is 3.85. The summed E-state index contributed by atoms with van der Waals surface area (Å²) >= 11 is 0. The van der Waals surface area contributed by atoms with Crippen molar-refractivity contribution in [3.8, 4) is 0 Å². The number of hydrogen-bond acceptors (Lipinski definition) is 3. The molecule has 0 radical (unpaired) electrons. The van der Waals surface area contributed by atoms with Crippen LogP contribution in [0.3, 0.4) is 0 Å². The molecule has 15 heavy (non-hydrogen) atoms. The minimum Gasteiger partial charge on any atom is -0.311 e. The van der Waals surface area contributed by atoms with Gasteiger partial charge in [-0.25, -0.2) is 0 Å². The van der Waals surface area contributed by atoms with E-state index < -0.39 is 10.8 Å². The lowest BCUT2D eigenvalue weighted by atomic mass is 10.2. The molecule has 0 saturated carbocycles. The molecule has 0 fully saturated rings. The summed E-state index contributed by atoms with van der Waals surface area (Å²) in [4.78, 5) is 0. The first-order chi connectivity index (χ1) is 7.02. The van der Waals surface area contributed by atoms with Crippen molar-refractivity contribution in [2.24, 2.45) is 0 Å². The van der Waals surface area contributed by atoms with Crippen LogP contribution in [-0.4, -0.2) is 32.5 Å². The van der Waals surface area contributed by atoms with Crippen LogP contribution in [0.4, 0.5) is 0 Å². The van der Waals surface area contributed by atoms with Gasteiger partial charge in [0.25, 0.3) is 0 Å². The maximum atomic E-state index is 11.1. The van der Waals surface area contributed by atoms with Crippen molar-refractivity contribution in [3.05, 3.63) is 17.0 Å². The Morgan fingerprint density at radius 3 is 2.67 bits per heavy atom. The van der Waals surface area contributed by atoms with E-state index in [0.717, 1.165) is 24.5 Å². The van der Waals surface area contributed by atoms with Crippen LogP contribution in [0.2, 0.25) is 0 Å². The van der Waals surface area contributed by atoms with Crippen molar-refractivity contribution in [1.82, 2.24) is 15.5 Å². The largest absolute Gasteiger partial charge is 0.311 e. The Morgan fingerprint density at radius 1 is 1.53 bits per heavy atom. The molecule has 0 saturated heterocycles. The van der Waals surface area contributed by atoms with Crippen molar-refractivity contribution in [2.45, 2.75) is 32.6 Å². The summed E-state index contributed by atoms with van der Waals surface area (Å²) in [7, 11) is -0.755. The lowest BCUT2D eigenvalue weighted by Crippen LogP contribution is -2.27. The fraction of sp³-hybridized carbons (Fsp3) is 0.700. The zero-order chi connectivity index (χ0) is 11.4. The molecule has 4 nitrogen and oxygen atoms in total. The summed E-state index contributed by atoms with van der Waals surface area (Å²) in [5, 5.41) is 10.6. The summed E-state index contributed by atoms with van der Waals surface area (Å²) in [6.07, 6.45) is 1.74. The first kappa shape index (κ1) is 12.4. The predicted molar refractivity (Wildman–Crippen MR) is 63.3 cm³/mol. The highest BCUT2D eigenvalue weighted by molar-refractivity contribution is 7.84. The van der Waals surface area contributed by atoms with Crippen LogP contribution in [0.1, 0.15) is 23.9 Å². The van der Waals surface area contributed by atoms with Gasteiger partial charge >= 0.3 is 0 Å². The van der Waals surface area contributed by atoms with Gasteiger partial charge in [0.1, 0.15) is 0 Å². The van der Waals surface area contributed by atoms with Crippen molar-refractivity contribution in [3.63, 3.8) is 0 Å². The van der Waals surface area contributed by atoms with E-state index in [9.17, 15) is 4.21 Å². The molecule has 5 heteroatoms. The van der Waals surface area contributed by atoms with Gasteiger partial charge in [0, 0.05) is 46.7 Å². The Kier molecular flexibility index (Phi) is 4.47. The van der Waals surface area contributed by atoms with Crippen LogP contribution in [0.25, 0.3) is 0 Å². The van der Waals surface area contributed by atoms with E-state index in [-0.39, 0.29) is 5.25 Å². The second kappa shape index (κ2) is 5.42. The SMILES string of the molecule is Cc1n[nH]c(C)c1CNCC(C)S(C)=O. The van der Waals surface area contributed by atoms with Crippen LogP contribution in [0.15, 0.2) is 0 Å². The van der Waals surface area contributed by atoms with E-state index in [4.69, 9.17) is 0 Å². The summed E-state index contributed by atoms with van der Waals surface area (Å²) in [6, 6.07) is 0. The lowest BCUT2D eigenvalue weighted by Gasteiger charge is -2.09. The van der Waals surface area contributed by atoms with Crippen LogP contribution in [-0.2, 0) is 17.3 Å². The number of nitrogens with zero attached hydrogens (tertiary/aromatic N) is 1. The zero-order valence-corrected chi connectivity index (χ0v) is 10.6. The Balaban J connectivity index is 2.41. The third-order valence-electron chi connectivity index (χ3n) is 2.58. The molecule has 86 valence electrons. The van der Waals surface area contributed by atoms with Gasteiger partial charge in [0.15, 0.2) is 0 Å². The highest BCUT2D eigenvalue weighted by Gasteiger charge is 2.08. The fourth-order valence-electron chi connectivity index (χ4n) is 1.35. The highest BCUT2D eigenvalue weighted by Crippen LogP contribution is 2.08. The van der Waals surface area contributed by atoms with Crippen LogP contribution in [0, 0.1) is 13.8 Å². The molecule has 0 bridgehead atoms. The maximum absolute atomic E-state index is 11.1. The van der Waals surface area contributed by atoms with Crippen LogP contribution in [0.5, 0.6) is 0 Å². The number of nitrogens with one attached hydrogen (secondary N) is 2. The lowest BCUT2D eigenvalue weighted by molar-refractivity contribution is 0.645. The molecule has 1 heterocycles. The minimum atomic E-state index is -0.755. The van der Waals surface area contributed by atoms with Gasteiger partial charge in [0.05, 0.1) is 5.69 Å². The highest BCUT2D eigenvalue weighted by atomic mass is 32.2. The average Bonchev–Trinajstić information content (AvgIpc) is 2.48. The van der Waals surface area contributed by atoms with Crippen molar-refractivity contribution in [2.75, 3.05) is 12.8 Å². The fourth-order valence-corrected chi connectivity index (χ4v) is 1.70. The van der Waals surface area contributed by atoms with Gasteiger partial charge in [-0.2, -0.15) is 5.10 Å². The molecule has 1 rings (SSSR count). The minimum absolute atomic E-state index is 0.192. The predicted octanol–water partition coefficient (Wildman–Crippen LogP) is 0.883. The van der Waals surface area contributed by atoms with E-state index >= 15 is 0 Å². The van der Waals surface area contributed by atoms with Gasteiger partial charge in [-0.1, -0.05) is 0 Å². The quantitative estimate of drug-likeness (QED) is 0.788. The molecule has 0 amide bonds. The van der Waals surface area contributed by atoms with Gasteiger partial charge in [-0.05, 0) is 20.8 Å². The monoisotopic (exact) mass is 229 g/mol. The van der Waals surface area contributed by atoms with E-state index in [2.05, 4.69) is 15.5 Å². The number of rotatable bonds is 5. The molecule has 0 aliphatic heterocycles. The Hall–Kier alpha value is -0.680. The molecule has 0 aromatic carbocycles. The molecule has 2 atom stereocenters. The molecule has 2 N–H and O–H groups in total. The van der Waals surface area contributed by atoms with Crippen molar-refractivity contribution < 1.29 is 4.21 Å². The third-order valence-corrected chi connectivity index (χ3v) is 3.88. The molecule has 0 aliphatic rings. The summed E-state index contributed by atoms with van der Waals surface area (Å²) < 4.78 is 11.1. The number of H-pyrrole nitrogens is 1. The summed E-state index contributed by atoms with van der Waals surface area (Å²) in [5.41, 5.74) is 3.35. The topological polar surface area (TPSA) is 57.8 Å². The molecule has 0 aliphatic carbocycles. The first-order valence-corrected chi connectivity index (χ1v) is 6.68. The summed E-state index contributed by atoms with van der Waals surface area (Å²) in [5.74, 6) is 0. The van der Waals surface area contributed by atoms with Gasteiger partial charge in [-0.3, -0.25) is 9.31 Å². The molecule has 2 unspecified atom stereocenters. The molecule has 0 spiro atoms. The standard InChI is InChI=1S/C10H19N3OS/c1-7(15(4)14)5-11-6-10-8(2)12-13-9(10)3/h7,11H,5-6H2,1-4H3,(H,12,13). The van der Waals surface area contributed by atoms with Crippen molar-refractivity contribution in [1.29, 1.82) is 0 Å². The number of hydrogen-bond donors (Lipinski definition) is 2. The Bertz CT molecular complexity index is 329.